The van der Waals surface area contributed by atoms with Gasteiger partial charge in [-0.2, -0.15) is 0 Å². The lowest BCUT2D eigenvalue weighted by molar-refractivity contribution is -0.120. The molecular weight excluding hydrogens is 492 g/mol. The Morgan fingerprint density at radius 1 is 1.10 bits per heavy atom. The van der Waals surface area contributed by atoms with E-state index in [9.17, 15) is 9.59 Å². The second-order valence-electron chi connectivity index (χ2n) is 11.6. The molecule has 0 unspecified atom stereocenters. The number of rotatable bonds is 6. The summed E-state index contributed by atoms with van der Waals surface area (Å²) < 4.78 is 8.11. The SMILES string of the molecule is C[C@H]1CCC[C@H]1Oc1ccc(CN2Cc3ccc(-c4ncc(N5CCC(=O)NC5=O)n4C)nc3C2(C)C)cc1. The molecule has 2 aromatic heterocycles. The molecule has 9 heteroatoms. The number of ether oxygens (including phenoxy) is 1. The monoisotopic (exact) mass is 528 g/mol. The number of benzene rings is 1. The summed E-state index contributed by atoms with van der Waals surface area (Å²) >= 11 is 0. The van der Waals surface area contributed by atoms with E-state index in [-0.39, 0.29) is 17.9 Å². The molecule has 0 bridgehead atoms. The van der Waals surface area contributed by atoms with Gasteiger partial charge in [0, 0.05) is 33.1 Å². The number of carbonyl (C=O) groups is 2. The first-order chi connectivity index (χ1) is 18.7. The number of amides is 3. The van der Waals surface area contributed by atoms with Crippen LogP contribution in [-0.4, -0.2) is 44.0 Å². The highest BCUT2D eigenvalue weighted by Crippen LogP contribution is 2.40. The smallest absolute Gasteiger partial charge is 0.329 e. The van der Waals surface area contributed by atoms with Crippen molar-refractivity contribution in [3.63, 3.8) is 0 Å². The first kappa shape index (κ1) is 25.6. The van der Waals surface area contributed by atoms with E-state index in [4.69, 9.17) is 9.72 Å². The van der Waals surface area contributed by atoms with Crippen LogP contribution in [0.15, 0.2) is 42.6 Å². The number of pyridine rings is 1. The molecule has 1 aliphatic carbocycles. The van der Waals surface area contributed by atoms with Crippen molar-refractivity contribution in [3.8, 4) is 17.3 Å². The summed E-state index contributed by atoms with van der Waals surface area (Å²) in [6.45, 7) is 8.67. The lowest BCUT2D eigenvalue weighted by Gasteiger charge is -2.31. The van der Waals surface area contributed by atoms with Gasteiger partial charge < -0.3 is 9.30 Å². The summed E-state index contributed by atoms with van der Waals surface area (Å²) in [6, 6.07) is 12.3. The standard InChI is InChI=1S/C30H36N6O3/c1-19-6-5-7-24(19)39-22-11-8-20(9-12-22)17-35-18-21-10-13-23(32-27(21)30(35,2)3)28-31-16-26(34(28)4)36-15-14-25(37)33-29(36)38/h8-13,16,19,24H,5-7,14-15,17-18H2,1-4H3,(H,33,37,38)/t19-,24+/m0/s1. The Morgan fingerprint density at radius 3 is 2.62 bits per heavy atom. The molecule has 1 saturated carbocycles. The third kappa shape index (κ3) is 4.69. The van der Waals surface area contributed by atoms with E-state index in [1.165, 1.54) is 24.0 Å². The molecule has 9 nitrogen and oxygen atoms in total. The molecule has 0 radical (unpaired) electrons. The summed E-state index contributed by atoms with van der Waals surface area (Å²) in [7, 11) is 1.87. The van der Waals surface area contributed by atoms with Gasteiger partial charge in [-0.25, -0.2) is 14.8 Å². The predicted octanol–water partition coefficient (Wildman–Crippen LogP) is 4.75. The van der Waals surface area contributed by atoms with E-state index in [0.29, 0.717) is 30.2 Å². The Kier molecular flexibility index (Phi) is 6.41. The summed E-state index contributed by atoms with van der Waals surface area (Å²) in [5, 5.41) is 2.37. The predicted molar refractivity (Wildman–Crippen MR) is 148 cm³/mol. The van der Waals surface area contributed by atoms with Gasteiger partial charge >= 0.3 is 6.03 Å². The van der Waals surface area contributed by atoms with Crippen molar-refractivity contribution in [1.82, 2.24) is 24.8 Å². The summed E-state index contributed by atoms with van der Waals surface area (Å²) in [4.78, 5) is 37.6. The van der Waals surface area contributed by atoms with Crippen molar-refractivity contribution < 1.29 is 14.3 Å². The fourth-order valence-corrected chi connectivity index (χ4v) is 6.10. The fraction of sp³-hybridized carbons (Fsp3) is 0.467. The van der Waals surface area contributed by atoms with Crippen molar-refractivity contribution in [1.29, 1.82) is 0 Å². The fourth-order valence-electron chi connectivity index (χ4n) is 6.10. The Balaban J connectivity index is 1.18. The van der Waals surface area contributed by atoms with Gasteiger partial charge in [0.15, 0.2) is 5.82 Å². The minimum absolute atomic E-state index is 0.256. The van der Waals surface area contributed by atoms with Crippen LogP contribution in [0.5, 0.6) is 5.75 Å². The van der Waals surface area contributed by atoms with Crippen molar-refractivity contribution in [3.05, 3.63) is 59.4 Å². The van der Waals surface area contributed by atoms with E-state index in [1.807, 2.05) is 17.7 Å². The zero-order valence-electron chi connectivity index (χ0n) is 23.1. The maximum atomic E-state index is 12.4. The highest BCUT2D eigenvalue weighted by atomic mass is 16.5. The van der Waals surface area contributed by atoms with Gasteiger partial charge in [-0.1, -0.05) is 25.1 Å². The molecular formula is C30H36N6O3. The Morgan fingerprint density at radius 2 is 1.90 bits per heavy atom. The van der Waals surface area contributed by atoms with Crippen molar-refractivity contribution >= 4 is 17.8 Å². The van der Waals surface area contributed by atoms with Crippen LogP contribution in [0, 0.1) is 5.92 Å². The van der Waals surface area contributed by atoms with Crippen LogP contribution in [0.25, 0.3) is 11.5 Å². The Bertz CT molecular complexity index is 1410. The number of urea groups is 1. The molecule has 1 saturated heterocycles. The van der Waals surface area contributed by atoms with Crippen LogP contribution in [-0.2, 0) is 30.5 Å². The van der Waals surface area contributed by atoms with Crippen LogP contribution in [0.3, 0.4) is 0 Å². The average molecular weight is 529 g/mol. The quantitative estimate of drug-likeness (QED) is 0.497. The van der Waals surface area contributed by atoms with E-state index in [1.54, 1.807) is 11.1 Å². The molecule has 3 amide bonds. The van der Waals surface area contributed by atoms with Gasteiger partial charge in [-0.15, -0.1) is 0 Å². The second kappa shape index (κ2) is 9.79. The number of hydrogen-bond acceptors (Lipinski definition) is 6. The molecule has 6 rings (SSSR count). The number of imide groups is 1. The molecule has 2 atom stereocenters. The third-order valence-electron chi connectivity index (χ3n) is 8.60. The first-order valence-electron chi connectivity index (χ1n) is 13.8. The van der Waals surface area contributed by atoms with Gasteiger partial charge in [0.1, 0.15) is 23.4 Å². The number of hydrogen-bond donors (Lipinski definition) is 1. The van der Waals surface area contributed by atoms with Crippen molar-refractivity contribution in [2.75, 3.05) is 11.4 Å². The summed E-state index contributed by atoms with van der Waals surface area (Å²) in [5.41, 5.74) is 3.99. The highest BCUT2D eigenvalue weighted by Gasteiger charge is 2.39. The second-order valence-corrected chi connectivity index (χ2v) is 11.6. The maximum Gasteiger partial charge on any atom is 0.329 e. The molecule has 39 heavy (non-hydrogen) atoms. The maximum absolute atomic E-state index is 12.4. The van der Waals surface area contributed by atoms with E-state index < -0.39 is 6.03 Å². The normalized spacial score (nSPS) is 22.7. The molecule has 2 fully saturated rings. The zero-order valence-corrected chi connectivity index (χ0v) is 23.1. The van der Waals surface area contributed by atoms with Gasteiger partial charge in [0.05, 0.1) is 17.4 Å². The van der Waals surface area contributed by atoms with Crippen molar-refractivity contribution in [2.24, 2.45) is 13.0 Å². The number of carbonyl (C=O) groups excluding carboxylic acids is 2. The zero-order chi connectivity index (χ0) is 27.3. The van der Waals surface area contributed by atoms with Crippen LogP contribution >= 0.6 is 0 Å². The van der Waals surface area contributed by atoms with Gasteiger partial charge in [0.25, 0.3) is 0 Å². The molecule has 0 spiro atoms. The van der Waals surface area contributed by atoms with E-state index in [0.717, 1.165) is 36.6 Å². The number of nitrogens with one attached hydrogen (secondary N) is 1. The molecule has 1 N–H and O–H groups in total. The van der Waals surface area contributed by atoms with E-state index >= 15 is 0 Å². The minimum Gasteiger partial charge on any atom is -0.490 e. The number of aromatic nitrogens is 3. The summed E-state index contributed by atoms with van der Waals surface area (Å²) in [6.07, 6.45) is 5.91. The highest BCUT2D eigenvalue weighted by molar-refractivity contribution is 6.05. The topological polar surface area (TPSA) is 92.6 Å². The molecule has 2 aliphatic heterocycles. The average Bonchev–Trinajstić information content (AvgIpc) is 3.56. The third-order valence-corrected chi connectivity index (χ3v) is 8.60. The minimum atomic E-state index is -0.424. The van der Waals surface area contributed by atoms with Gasteiger partial charge in [-0.05, 0) is 68.4 Å². The molecule has 204 valence electrons. The number of anilines is 1. The van der Waals surface area contributed by atoms with Crippen molar-refractivity contribution in [2.45, 2.75) is 71.2 Å². The first-order valence-corrected chi connectivity index (χ1v) is 13.8. The van der Waals surface area contributed by atoms with Crippen LogP contribution in [0.1, 0.15) is 63.3 Å². The van der Waals surface area contributed by atoms with E-state index in [2.05, 4.69) is 66.3 Å². The lowest BCUT2D eigenvalue weighted by atomic mass is 9.98. The van der Waals surface area contributed by atoms with Crippen LogP contribution in [0.4, 0.5) is 10.6 Å². The summed E-state index contributed by atoms with van der Waals surface area (Å²) in [5.74, 6) is 2.63. The number of fused-ring (bicyclic) bond motifs is 1. The Labute approximate surface area is 229 Å². The number of nitrogens with zero attached hydrogens (tertiary/aromatic N) is 5. The molecule has 3 aromatic rings. The van der Waals surface area contributed by atoms with Crippen LogP contribution < -0.4 is 15.0 Å². The van der Waals surface area contributed by atoms with Gasteiger partial charge in [0.2, 0.25) is 5.91 Å². The molecule has 4 heterocycles. The molecule has 1 aromatic carbocycles. The lowest BCUT2D eigenvalue weighted by Crippen LogP contribution is -2.50. The Hall–Kier alpha value is -3.72. The number of imidazole rings is 1. The van der Waals surface area contributed by atoms with Gasteiger partial charge in [-0.3, -0.25) is 19.9 Å². The largest absolute Gasteiger partial charge is 0.490 e. The van der Waals surface area contributed by atoms with Crippen LogP contribution in [0.2, 0.25) is 0 Å². The molecule has 3 aliphatic rings.